The van der Waals surface area contributed by atoms with Gasteiger partial charge in [-0.05, 0) is 24.1 Å². The van der Waals surface area contributed by atoms with Crippen LogP contribution in [0.15, 0.2) is 18.2 Å². The van der Waals surface area contributed by atoms with Crippen LogP contribution in [0.2, 0.25) is 0 Å². The highest BCUT2D eigenvalue weighted by Gasteiger charge is 2.31. The van der Waals surface area contributed by atoms with E-state index in [1.165, 1.54) is 0 Å². The van der Waals surface area contributed by atoms with Crippen LogP contribution in [0.1, 0.15) is 37.1 Å². The molecule has 1 atom stereocenters. The first-order valence-corrected chi connectivity index (χ1v) is 8.15. The minimum absolute atomic E-state index is 0.119. The Balaban J connectivity index is 1.76. The minimum atomic E-state index is 0.119. The molecule has 5 heteroatoms. The van der Waals surface area contributed by atoms with Crippen molar-refractivity contribution >= 4 is 17.7 Å². The molecule has 1 amide bonds. The van der Waals surface area contributed by atoms with Crippen LogP contribution in [0.25, 0.3) is 0 Å². The third-order valence-corrected chi connectivity index (χ3v) is 4.90. The van der Waals surface area contributed by atoms with Gasteiger partial charge in [-0.15, -0.1) is 11.8 Å². The Labute approximate surface area is 123 Å². The summed E-state index contributed by atoms with van der Waals surface area (Å²) in [7, 11) is 0. The van der Waals surface area contributed by atoms with Gasteiger partial charge < -0.3 is 14.4 Å². The summed E-state index contributed by atoms with van der Waals surface area (Å²) in [4.78, 5) is 14.3. The van der Waals surface area contributed by atoms with Gasteiger partial charge in [-0.25, -0.2) is 0 Å². The fourth-order valence-electron chi connectivity index (χ4n) is 2.54. The lowest BCUT2D eigenvalue weighted by Crippen LogP contribution is -2.30. The third-order valence-electron chi connectivity index (χ3n) is 3.64. The van der Waals surface area contributed by atoms with Gasteiger partial charge >= 0.3 is 0 Å². The summed E-state index contributed by atoms with van der Waals surface area (Å²) in [6, 6.07) is 5.98. The van der Waals surface area contributed by atoms with E-state index in [-0.39, 0.29) is 18.1 Å². The average Bonchev–Trinajstić information content (AvgIpc) is 3.11. The molecule has 3 rings (SSSR count). The molecule has 0 saturated carbocycles. The molecule has 0 N–H and O–H groups in total. The van der Waals surface area contributed by atoms with Crippen molar-refractivity contribution in [3.8, 4) is 11.5 Å². The van der Waals surface area contributed by atoms with Crippen LogP contribution in [-0.4, -0.2) is 29.9 Å². The number of carbonyl (C=O) groups is 1. The fourth-order valence-corrected chi connectivity index (χ4v) is 3.81. The lowest BCUT2D eigenvalue weighted by molar-refractivity contribution is -0.131. The molecule has 1 saturated heterocycles. The number of ether oxygens (including phenoxy) is 2. The number of hydrogen-bond acceptors (Lipinski definition) is 4. The second-order valence-corrected chi connectivity index (χ2v) is 6.21. The van der Waals surface area contributed by atoms with Crippen molar-refractivity contribution in [2.45, 2.75) is 31.6 Å². The zero-order valence-electron chi connectivity index (χ0n) is 11.6. The van der Waals surface area contributed by atoms with E-state index in [4.69, 9.17) is 9.47 Å². The Morgan fingerprint density at radius 3 is 3.10 bits per heavy atom. The summed E-state index contributed by atoms with van der Waals surface area (Å²) in [6.07, 6.45) is 2.67. The standard InChI is InChI=1S/C15H19NO3S/c1-2-3-4-14(17)16-7-8-20-15(16)11-5-6-12-13(9-11)19-10-18-12/h5-6,9,15H,2-4,7-8,10H2,1H3/t15-/m1/s1. The Hall–Kier alpha value is -1.36. The van der Waals surface area contributed by atoms with Crippen LogP contribution in [0.3, 0.4) is 0 Å². The van der Waals surface area contributed by atoms with Crippen molar-refractivity contribution in [2.75, 3.05) is 19.1 Å². The summed E-state index contributed by atoms with van der Waals surface area (Å²) in [6.45, 7) is 3.24. The van der Waals surface area contributed by atoms with Crippen molar-refractivity contribution in [1.29, 1.82) is 0 Å². The highest BCUT2D eigenvalue weighted by atomic mass is 32.2. The van der Waals surface area contributed by atoms with Crippen molar-refractivity contribution in [3.63, 3.8) is 0 Å². The molecule has 1 aromatic carbocycles. The van der Waals surface area contributed by atoms with E-state index in [9.17, 15) is 4.79 Å². The monoisotopic (exact) mass is 293 g/mol. The normalized spacial score (nSPS) is 20.4. The zero-order valence-corrected chi connectivity index (χ0v) is 12.4. The number of carbonyl (C=O) groups excluding carboxylic acids is 1. The zero-order chi connectivity index (χ0) is 13.9. The van der Waals surface area contributed by atoms with Crippen LogP contribution in [0.4, 0.5) is 0 Å². The van der Waals surface area contributed by atoms with E-state index in [0.717, 1.165) is 42.2 Å². The summed E-state index contributed by atoms with van der Waals surface area (Å²) in [5, 5.41) is 0.119. The average molecular weight is 293 g/mol. The van der Waals surface area contributed by atoms with Crippen LogP contribution in [0.5, 0.6) is 11.5 Å². The molecule has 1 aromatic rings. The number of benzene rings is 1. The predicted octanol–water partition coefficient (Wildman–Crippen LogP) is 3.18. The van der Waals surface area contributed by atoms with E-state index in [0.29, 0.717) is 6.42 Å². The molecule has 1 fully saturated rings. The van der Waals surface area contributed by atoms with Gasteiger partial charge in [-0.3, -0.25) is 4.79 Å². The molecular formula is C15H19NO3S. The number of hydrogen-bond donors (Lipinski definition) is 0. The molecule has 2 aliphatic rings. The smallest absolute Gasteiger partial charge is 0.231 e. The highest BCUT2D eigenvalue weighted by molar-refractivity contribution is 7.99. The molecule has 0 unspecified atom stereocenters. The van der Waals surface area contributed by atoms with Gasteiger partial charge in [0.05, 0.1) is 0 Å². The summed E-state index contributed by atoms with van der Waals surface area (Å²) in [5.74, 6) is 2.84. The number of unbranched alkanes of at least 4 members (excludes halogenated alkanes) is 1. The second-order valence-electron chi connectivity index (χ2n) is 5.03. The Bertz CT molecular complexity index is 506. The molecule has 0 aliphatic carbocycles. The van der Waals surface area contributed by atoms with Gasteiger partial charge in [0.25, 0.3) is 0 Å². The maximum absolute atomic E-state index is 12.3. The number of nitrogens with zero attached hydrogens (tertiary/aromatic N) is 1. The lowest BCUT2D eigenvalue weighted by Gasteiger charge is -2.24. The van der Waals surface area contributed by atoms with E-state index in [1.54, 1.807) is 0 Å². The van der Waals surface area contributed by atoms with Crippen LogP contribution in [-0.2, 0) is 4.79 Å². The SMILES string of the molecule is CCCCC(=O)N1CCS[C@@H]1c1ccc2c(c1)OCO2. The molecule has 0 aromatic heterocycles. The van der Waals surface area contributed by atoms with E-state index >= 15 is 0 Å². The molecular weight excluding hydrogens is 274 g/mol. The minimum Gasteiger partial charge on any atom is -0.454 e. The molecule has 4 nitrogen and oxygen atoms in total. The van der Waals surface area contributed by atoms with Gasteiger partial charge in [-0.2, -0.15) is 0 Å². The van der Waals surface area contributed by atoms with Gasteiger partial charge in [0.1, 0.15) is 5.37 Å². The number of thioether (sulfide) groups is 1. The van der Waals surface area contributed by atoms with Crippen LogP contribution < -0.4 is 9.47 Å². The van der Waals surface area contributed by atoms with Gasteiger partial charge in [0, 0.05) is 18.7 Å². The maximum atomic E-state index is 12.3. The van der Waals surface area contributed by atoms with E-state index < -0.39 is 0 Å². The Morgan fingerprint density at radius 2 is 2.25 bits per heavy atom. The molecule has 0 spiro atoms. The lowest BCUT2D eigenvalue weighted by atomic mass is 10.1. The fraction of sp³-hybridized carbons (Fsp3) is 0.533. The van der Waals surface area contributed by atoms with Gasteiger partial charge in [-0.1, -0.05) is 19.4 Å². The Kier molecular flexibility index (Phi) is 4.05. The van der Waals surface area contributed by atoms with E-state index in [1.807, 2.05) is 34.9 Å². The highest BCUT2D eigenvalue weighted by Crippen LogP contribution is 2.42. The quantitative estimate of drug-likeness (QED) is 0.854. The maximum Gasteiger partial charge on any atom is 0.231 e. The van der Waals surface area contributed by atoms with Crippen LogP contribution in [0, 0.1) is 0 Å². The topological polar surface area (TPSA) is 38.8 Å². The van der Waals surface area contributed by atoms with Crippen molar-refractivity contribution in [2.24, 2.45) is 0 Å². The summed E-state index contributed by atoms with van der Waals surface area (Å²) < 4.78 is 10.8. The predicted molar refractivity (Wildman–Crippen MR) is 79.0 cm³/mol. The number of rotatable bonds is 4. The largest absolute Gasteiger partial charge is 0.454 e. The van der Waals surface area contributed by atoms with Gasteiger partial charge in [0.15, 0.2) is 11.5 Å². The molecule has 20 heavy (non-hydrogen) atoms. The van der Waals surface area contributed by atoms with Crippen molar-refractivity contribution in [3.05, 3.63) is 23.8 Å². The number of amides is 1. The molecule has 108 valence electrons. The molecule has 2 aliphatic heterocycles. The second kappa shape index (κ2) is 5.95. The van der Waals surface area contributed by atoms with Gasteiger partial charge in [0.2, 0.25) is 12.7 Å². The van der Waals surface area contributed by atoms with E-state index in [2.05, 4.69) is 6.92 Å². The Morgan fingerprint density at radius 1 is 1.40 bits per heavy atom. The summed E-state index contributed by atoms with van der Waals surface area (Å²) in [5.41, 5.74) is 1.13. The first-order valence-electron chi connectivity index (χ1n) is 7.10. The molecule has 0 bridgehead atoms. The van der Waals surface area contributed by atoms with Crippen molar-refractivity contribution < 1.29 is 14.3 Å². The third kappa shape index (κ3) is 2.59. The molecule has 0 radical (unpaired) electrons. The molecule has 2 heterocycles. The van der Waals surface area contributed by atoms with Crippen molar-refractivity contribution in [1.82, 2.24) is 4.90 Å². The summed E-state index contributed by atoms with van der Waals surface area (Å²) >= 11 is 1.82. The number of fused-ring (bicyclic) bond motifs is 1. The van der Waals surface area contributed by atoms with Crippen LogP contribution >= 0.6 is 11.8 Å². The first kappa shape index (κ1) is 13.6. The first-order chi connectivity index (χ1) is 9.79.